The Labute approximate surface area is 116 Å². The summed E-state index contributed by atoms with van der Waals surface area (Å²) in [4.78, 5) is 2.21. The van der Waals surface area contributed by atoms with Crippen molar-refractivity contribution in [2.24, 2.45) is 0 Å². The van der Waals surface area contributed by atoms with Gasteiger partial charge in [-0.05, 0) is 56.8 Å². The number of halogens is 1. The van der Waals surface area contributed by atoms with E-state index < -0.39 is 0 Å². The van der Waals surface area contributed by atoms with E-state index in [1.54, 1.807) is 6.07 Å². The highest BCUT2D eigenvalue weighted by molar-refractivity contribution is 5.50. The number of nitrogens with one attached hydrogen (secondary N) is 1. The van der Waals surface area contributed by atoms with Gasteiger partial charge in [0.1, 0.15) is 5.82 Å². The van der Waals surface area contributed by atoms with Crippen molar-refractivity contribution in [3.8, 4) is 0 Å². The topological polar surface area (TPSA) is 15.3 Å². The molecule has 106 valence electrons. The number of anilines is 1. The lowest BCUT2D eigenvalue weighted by Gasteiger charge is -2.35. The van der Waals surface area contributed by atoms with Crippen molar-refractivity contribution in [2.75, 3.05) is 18.0 Å². The molecule has 19 heavy (non-hydrogen) atoms. The van der Waals surface area contributed by atoms with Gasteiger partial charge in [-0.3, -0.25) is 0 Å². The Bertz CT molecular complexity index is 406. The minimum absolute atomic E-state index is 0.0791. The van der Waals surface area contributed by atoms with Gasteiger partial charge in [0, 0.05) is 19.1 Å². The van der Waals surface area contributed by atoms with Crippen molar-refractivity contribution in [1.82, 2.24) is 5.32 Å². The van der Waals surface area contributed by atoms with E-state index in [-0.39, 0.29) is 5.82 Å². The van der Waals surface area contributed by atoms with Crippen molar-refractivity contribution in [2.45, 2.75) is 52.1 Å². The van der Waals surface area contributed by atoms with Crippen molar-refractivity contribution >= 4 is 5.69 Å². The Morgan fingerprint density at radius 3 is 2.89 bits per heavy atom. The average Bonchev–Trinajstić information content (AvgIpc) is 2.40. The first-order valence-electron chi connectivity index (χ1n) is 7.48. The zero-order valence-electron chi connectivity index (χ0n) is 12.1. The van der Waals surface area contributed by atoms with E-state index >= 15 is 0 Å². The summed E-state index contributed by atoms with van der Waals surface area (Å²) in [5.74, 6) is -0.0791. The molecule has 0 amide bonds. The lowest BCUT2D eigenvalue weighted by Crippen LogP contribution is -2.38. The summed E-state index contributed by atoms with van der Waals surface area (Å²) in [7, 11) is 0. The molecule has 1 N–H and O–H groups in total. The van der Waals surface area contributed by atoms with Crippen LogP contribution in [-0.4, -0.2) is 19.1 Å². The van der Waals surface area contributed by atoms with Crippen LogP contribution in [0.1, 0.15) is 45.1 Å². The van der Waals surface area contributed by atoms with E-state index in [0.29, 0.717) is 6.04 Å². The molecule has 1 aromatic rings. The molecule has 1 heterocycles. The van der Waals surface area contributed by atoms with Crippen LogP contribution < -0.4 is 10.2 Å². The fraction of sp³-hybridized carbons (Fsp3) is 0.625. The fourth-order valence-electron chi connectivity index (χ4n) is 2.76. The summed E-state index contributed by atoms with van der Waals surface area (Å²) >= 11 is 0. The summed E-state index contributed by atoms with van der Waals surface area (Å²) in [6.07, 6.45) is 4.70. The molecule has 1 unspecified atom stereocenters. The average molecular weight is 264 g/mol. The van der Waals surface area contributed by atoms with Gasteiger partial charge in [0.15, 0.2) is 0 Å². The molecule has 1 atom stereocenters. The van der Waals surface area contributed by atoms with Crippen LogP contribution in [0.15, 0.2) is 18.2 Å². The molecule has 1 saturated heterocycles. The summed E-state index contributed by atoms with van der Waals surface area (Å²) in [6, 6.07) is 6.12. The Kier molecular flexibility index (Phi) is 5.20. The Hall–Kier alpha value is -1.09. The molecule has 2 rings (SSSR count). The first-order valence-corrected chi connectivity index (χ1v) is 7.48. The molecule has 0 bridgehead atoms. The Morgan fingerprint density at radius 2 is 2.21 bits per heavy atom. The molecule has 3 heteroatoms. The Balaban J connectivity index is 2.05. The molecular weight excluding hydrogens is 239 g/mol. The highest BCUT2D eigenvalue weighted by atomic mass is 19.1. The zero-order chi connectivity index (χ0) is 13.7. The summed E-state index contributed by atoms with van der Waals surface area (Å²) in [5.41, 5.74) is 1.80. The molecule has 0 spiro atoms. The summed E-state index contributed by atoms with van der Waals surface area (Å²) in [5, 5.41) is 3.31. The van der Waals surface area contributed by atoms with Gasteiger partial charge < -0.3 is 10.2 Å². The van der Waals surface area contributed by atoms with Crippen LogP contribution in [0, 0.1) is 5.82 Å². The third-order valence-electron chi connectivity index (χ3n) is 3.88. The number of hydrogen-bond acceptors (Lipinski definition) is 2. The molecule has 0 aliphatic carbocycles. The maximum Gasteiger partial charge on any atom is 0.146 e. The number of rotatable bonds is 5. The van der Waals surface area contributed by atoms with Crippen LogP contribution in [0.25, 0.3) is 0 Å². The standard InChI is InChI=1S/C16H25FN2/c1-3-9-18-12-14-7-8-16(15(17)11-14)19-10-5-4-6-13(19)2/h7-8,11,13,18H,3-6,9-10,12H2,1-2H3. The van der Waals surface area contributed by atoms with Gasteiger partial charge in [-0.25, -0.2) is 4.39 Å². The minimum atomic E-state index is -0.0791. The molecule has 0 saturated carbocycles. The van der Waals surface area contributed by atoms with E-state index in [1.165, 1.54) is 19.3 Å². The number of piperidine rings is 1. The molecule has 1 fully saturated rings. The molecule has 1 aliphatic heterocycles. The first kappa shape index (κ1) is 14.3. The van der Waals surface area contributed by atoms with E-state index in [9.17, 15) is 4.39 Å². The molecular formula is C16H25FN2. The molecule has 0 aromatic heterocycles. The summed E-state index contributed by atoms with van der Waals surface area (Å²) < 4.78 is 14.2. The van der Waals surface area contributed by atoms with Crippen LogP contribution in [0.3, 0.4) is 0 Å². The second-order valence-electron chi connectivity index (χ2n) is 5.50. The van der Waals surface area contributed by atoms with Crippen LogP contribution >= 0.6 is 0 Å². The van der Waals surface area contributed by atoms with Gasteiger partial charge in [-0.15, -0.1) is 0 Å². The molecule has 1 aliphatic rings. The highest BCUT2D eigenvalue weighted by Crippen LogP contribution is 2.27. The van der Waals surface area contributed by atoms with E-state index in [0.717, 1.165) is 37.3 Å². The van der Waals surface area contributed by atoms with E-state index in [4.69, 9.17) is 0 Å². The van der Waals surface area contributed by atoms with Gasteiger partial charge >= 0.3 is 0 Å². The molecule has 1 aromatic carbocycles. The third kappa shape index (κ3) is 3.69. The van der Waals surface area contributed by atoms with E-state index in [1.807, 2.05) is 12.1 Å². The minimum Gasteiger partial charge on any atom is -0.366 e. The quantitative estimate of drug-likeness (QED) is 0.816. The van der Waals surface area contributed by atoms with Crippen molar-refractivity contribution in [1.29, 1.82) is 0 Å². The highest BCUT2D eigenvalue weighted by Gasteiger charge is 2.21. The maximum absolute atomic E-state index is 14.2. The number of nitrogens with zero attached hydrogens (tertiary/aromatic N) is 1. The van der Waals surface area contributed by atoms with Gasteiger partial charge in [-0.2, -0.15) is 0 Å². The van der Waals surface area contributed by atoms with Gasteiger partial charge in [-0.1, -0.05) is 13.0 Å². The lowest BCUT2D eigenvalue weighted by atomic mass is 10.0. The predicted molar refractivity (Wildman–Crippen MR) is 79.1 cm³/mol. The van der Waals surface area contributed by atoms with E-state index in [2.05, 4.69) is 24.1 Å². The van der Waals surface area contributed by atoms with Gasteiger partial charge in [0.2, 0.25) is 0 Å². The zero-order valence-corrected chi connectivity index (χ0v) is 12.1. The predicted octanol–water partition coefficient (Wildman–Crippen LogP) is 3.70. The van der Waals surface area contributed by atoms with Crippen molar-refractivity contribution < 1.29 is 4.39 Å². The second-order valence-corrected chi connectivity index (χ2v) is 5.50. The SMILES string of the molecule is CCCNCc1ccc(N2CCCCC2C)c(F)c1. The monoisotopic (exact) mass is 264 g/mol. The lowest BCUT2D eigenvalue weighted by molar-refractivity contribution is 0.475. The Morgan fingerprint density at radius 1 is 1.37 bits per heavy atom. The third-order valence-corrected chi connectivity index (χ3v) is 3.88. The maximum atomic E-state index is 14.2. The largest absolute Gasteiger partial charge is 0.366 e. The molecule has 0 radical (unpaired) electrons. The van der Waals surface area contributed by atoms with Crippen molar-refractivity contribution in [3.63, 3.8) is 0 Å². The van der Waals surface area contributed by atoms with Crippen LogP contribution in [-0.2, 0) is 6.54 Å². The fourth-order valence-corrected chi connectivity index (χ4v) is 2.76. The first-order chi connectivity index (χ1) is 9.22. The van der Waals surface area contributed by atoms with Gasteiger partial charge in [0.05, 0.1) is 5.69 Å². The number of benzene rings is 1. The normalized spacial score (nSPS) is 19.7. The van der Waals surface area contributed by atoms with Crippen molar-refractivity contribution in [3.05, 3.63) is 29.6 Å². The smallest absolute Gasteiger partial charge is 0.146 e. The van der Waals surface area contributed by atoms with Crippen LogP contribution in [0.4, 0.5) is 10.1 Å². The molecule has 2 nitrogen and oxygen atoms in total. The van der Waals surface area contributed by atoms with Gasteiger partial charge in [0.25, 0.3) is 0 Å². The summed E-state index contributed by atoms with van der Waals surface area (Å²) in [6.45, 7) is 7.03. The van der Waals surface area contributed by atoms with Crippen LogP contribution in [0.2, 0.25) is 0 Å². The number of hydrogen-bond donors (Lipinski definition) is 1. The van der Waals surface area contributed by atoms with Crippen LogP contribution in [0.5, 0.6) is 0 Å². The second kappa shape index (κ2) is 6.90.